The number of para-hydroxylation sites is 1. The van der Waals surface area contributed by atoms with Crippen LogP contribution in [-0.2, 0) is 6.42 Å². The standard InChI is InChI=1S/C29H31N3O3S/c1-29(2,17-21-11-13-24(14-12-21)35-28-22(18-30)7-5-15-31-28)32-19-23(33)20-34-26-9-4-3-8-25(26)27-10-6-16-36-27/h3-16,22-23,28,32-33H,17,19-20H2,1-2H3. The third-order valence-electron chi connectivity index (χ3n) is 5.84. The van der Waals surface area contributed by atoms with Crippen LogP contribution in [-0.4, -0.2) is 42.3 Å². The van der Waals surface area contributed by atoms with Gasteiger partial charge in [0.25, 0.3) is 0 Å². The Morgan fingerprint density at radius 2 is 1.94 bits per heavy atom. The lowest BCUT2D eigenvalue weighted by molar-refractivity contribution is 0.0991. The van der Waals surface area contributed by atoms with E-state index in [1.165, 1.54) is 0 Å². The van der Waals surface area contributed by atoms with Crippen molar-refractivity contribution >= 4 is 17.6 Å². The molecule has 0 amide bonds. The molecule has 0 saturated carbocycles. The lowest BCUT2D eigenvalue weighted by Crippen LogP contribution is -2.46. The number of aliphatic hydroxyl groups is 1. The van der Waals surface area contributed by atoms with E-state index < -0.39 is 18.2 Å². The Morgan fingerprint density at radius 1 is 1.14 bits per heavy atom. The van der Waals surface area contributed by atoms with Crippen molar-refractivity contribution in [2.24, 2.45) is 10.9 Å². The number of hydrogen-bond donors (Lipinski definition) is 2. The Bertz CT molecular complexity index is 1210. The fourth-order valence-corrected chi connectivity index (χ4v) is 4.72. The number of benzene rings is 2. The normalized spacial score (nSPS) is 17.9. The van der Waals surface area contributed by atoms with Gasteiger partial charge < -0.3 is 19.9 Å². The number of nitrogens with zero attached hydrogens (tertiary/aromatic N) is 2. The number of dihydropyridines is 1. The first-order chi connectivity index (χ1) is 17.4. The van der Waals surface area contributed by atoms with Crippen molar-refractivity contribution in [2.75, 3.05) is 13.2 Å². The van der Waals surface area contributed by atoms with Gasteiger partial charge >= 0.3 is 0 Å². The van der Waals surface area contributed by atoms with E-state index in [2.05, 4.69) is 36.3 Å². The van der Waals surface area contributed by atoms with Gasteiger partial charge in [-0.15, -0.1) is 11.3 Å². The molecule has 0 aliphatic carbocycles. The predicted octanol–water partition coefficient (Wildman–Crippen LogP) is 5.25. The molecule has 1 aromatic heterocycles. The van der Waals surface area contributed by atoms with Gasteiger partial charge in [0.05, 0.1) is 6.07 Å². The number of allylic oxidation sites excluding steroid dienone is 1. The summed E-state index contributed by atoms with van der Waals surface area (Å²) in [6, 6.07) is 22.0. The molecule has 2 N–H and O–H groups in total. The highest BCUT2D eigenvalue weighted by atomic mass is 32.1. The highest BCUT2D eigenvalue weighted by Crippen LogP contribution is 2.33. The summed E-state index contributed by atoms with van der Waals surface area (Å²) in [5.41, 5.74) is 1.94. The van der Waals surface area contributed by atoms with Crippen molar-refractivity contribution in [1.29, 1.82) is 5.26 Å². The molecule has 1 aliphatic heterocycles. The number of hydrogen-bond acceptors (Lipinski definition) is 7. The van der Waals surface area contributed by atoms with Crippen molar-refractivity contribution in [3.63, 3.8) is 0 Å². The molecule has 3 unspecified atom stereocenters. The molecule has 2 aromatic carbocycles. The Kier molecular flexibility index (Phi) is 8.55. The molecule has 0 radical (unpaired) electrons. The molecule has 2 heterocycles. The van der Waals surface area contributed by atoms with Crippen LogP contribution in [0.15, 0.2) is 83.2 Å². The SMILES string of the molecule is CC(C)(Cc1ccc(OC2N=CC=CC2C#N)cc1)NCC(O)COc1ccccc1-c1cccs1. The smallest absolute Gasteiger partial charge is 0.208 e. The Labute approximate surface area is 216 Å². The molecule has 0 saturated heterocycles. The van der Waals surface area contributed by atoms with Crippen LogP contribution in [0.2, 0.25) is 0 Å². The summed E-state index contributed by atoms with van der Waals surface area (Å²) in [6.07, 6.45) is 4.82. The Hall–Kier alpha value is -3.44. The summed E-state index contributed by atoms with van der Waals surface area (Å²) in [4.78, 5) is 5.39. The molecule has 3 aromatic rings. The predicted molar refractivity (Wildman–Crippen MR) is 145 cm³/mol. The van der Waals surface area contributed by atoms with E-state index in [0.717, 1.165) is 28.2 Å². The summed E-state index contributed by atoms with van der Waals surface area (Å²) in [7, 11) is 0. The van der Waals surface area contributed by atoms with Gasteiger partial charge in [-0.05, 0) is 67.6 Å². The summed E-state index contributed by atoms with van der Waals surface area (Å²) in [5, 5.41) is 25.3. The first kappa shape index (κ1) is 25.6. The van der Waals surface area contributed by atoms with E-state index >= 15 is 0 Å². The molecule has 0 spiro atoms. The van der Waals surface area contributed by atoms with Crippen LogP contribution in [0, 0.1) is 17.2 Å². The van der Waals surface area contributed by atoms with Crippen LogP contribution in [0.4, 0.5) is 0 Å². The van der Waals surface area contributed by atoms with Crippen LogP contribution in [0.3, 0.4) is 0 Å². The third kappa shape index (κ3) is 7.05. The zero-order valence-electron chi connectivity index (χ0n) is 20.5. The maximum atomic E-state index is 10.6. The third-order valence-corrected chi connectivity index (χ3v) is 6.74. The van der Waals surface area contributed by atoms with Gasteiger partial charge in [0.15, 0.2) is 0 Å². The summed E-state index contributed by atoms with van der Waals surface area (Å²) < 4.78 is 11.9. The highest BCUT2D eigenvalue weighted by Gasteiger charge is 2.22. The second kappa shape index (κ2) is 12.0. The lowest BCUT2D eigenvalue weighted by Gasteiger charge is -2.28. The number of nitriles is 1. The van der Waals surface area contributed by atoms with Crippen LogP contribution in [0.25, 0.3) is 10.4 Å². The maximum absolute atomic E-state index is 10.6. The van der Waals surface area contributed by atoms with Gasteiger partial charge in [-0.3, -0.25) is 0 Å². The van der Waals surface area contributed by atoms with E-state index in [4.69, 9.17) is 9.47 Å². The molecule has 3 atom stereocenters. The molecule has 0 bridgehead atoms. The molecule has 36 heavy (non-hydrogen) atoms. The van der Waals surface area contributed by atoms with Gasteiger partial charge in [-0.25, -0.2) is 4.99 Å². The maximum Gasteiger partial charge on any atom is 0.208 e. The first-order valence-corrected chi connectivity index (χ1v) is 12.9. The van der Waals surface area contributed by atoms with E-state index in [0.29, 0.717) is 12.3 Å². The van der Waals surface area contributed by atoms with E-state index in [1.807, 2.05) is 60.0 Å². The van der Waals surface area contributed by atoms with Gasteiger partial charge in [-0.1, -0.05) is 36.4 Å². The second-order valence-corrected chi connectivity index (χ2v) is 10.3. The monoisotopic (exact) mass is 501 g/mol. The number of rotatable bonds is 11. The van der Waals surface area contributed by atoms with Gasteiger partial charge in [0.2, 0.25) is 6.23 Å². The summed E-state index contributed by atoms with van der Waals surface area (Å²) >= 11 is 1.67. The number of aliphatic hydroxyl groups excluding tert-OH is 1. The number of aliphatic imine (C=N–C) groups is 1. The van der Waals surface area contributed by atoms with E-state index in [1.54, 1.807) is 29.7 Å². The number of β-amino-alcohol motifs (C(OH)–C–C–N with tert-alkyl or cyclic N) is 1. The molecule has 4 rings (SSSR count). The largest absolute Gasteiger partial charge is 0.490 e. The van der Waals surface area contributed by atoms with Crippen LogP contribution in [0.5, 0.6) is 11.5 Å². The van der Waals surface area contributed by atoms with Gasteiger partial charge in [0, 0.05) is 28.7 Å². The fourth-order valence-electron chi connectivity index (χ4n) is 3.97. The number of ether oxygens (including phenoxy) is 2. The van der Waals surface area contributed by atoms with Crippen molar-refractivity contribution in [3.8, 4) is 28.0 Å². The second-order valence-electron chi connectivity index (χ2n) is 9.37. The minimum absolute atomic E-state index is 0.208. The van der Waals surface area contributed by atoms with Crippen LogP contribution >= 0.6 is 11.3 Å². The zero-order chi connectivity index (χ0) is 25.4. The molecule has 0 fully saturated rings. The quantitative estimate of drug-likeness (QED) is 0.375. The minimum Gasteiger partial charge on any atom is -0.490 e. The topological polar surface area (TPSA) is 86.9 Å². The minimum atomic E-state index is -0.644. The number of nitrogens with one attached hydrogen (secondary N) is 1. The fraction of sp³-hybridized carbons (Fsp3) is 0.310. The number of thiophene rings is 1. The average molecular weight is 502 g/mol. The van der Waals surface area contributed by atoms with Crippen molar-refractivity contribution in [2.45, 2.75) is 38.1 Å². The van der Waals surface area contributed by atoms with Gasteiger partial charge in [0.1, 0.15) is 30.1 Å². The Morgan fingerprint density at radius 3 is 2.69 bits per heavy atom. The molecule has 1 aliphatic rings. The van der Waals surface area contributed by atoms with Crippen molar-refractivity contribution in [3.05, 3.63) is 83.8 Å². The average Bonchev–Trinajstić information content (AvgIpc) is 3.43. The van der Waals surface area contributed by atoms with Crippen LogP contribution in [0.1, 0.15) is 19.4 Å². The highest BCUT2D eigenvalue weighted by molar-refractivity contribution is 7.13. The molecule has 186 valence electrons. The van der Waals surface area contributed by atoms with Gasteiger partial charge in [-0.2, -0.15) is 5.26 Å². The lowest BCUT2D eigenvalue weighted by atomic mass is 9.94. The van der Waals surface area contributed by atoms with Crippen molar-refractivity contribution in [1.82, 2.24) is 5.32 Å². The first-order valence-electron chi connectivity index (χ1n) is 12.0. The molecule has 7 heteroatoms. The molecule has 6 nitrogen and oxygen atoms in total. The van der Waals surface area contributed by atoms with Crippen molar-refractivity contribution < 1.29 is 14.6 Å². The molecular weight excluding hydrogens is 470 g/mol. The van der Waals surface area contributed by atoms with Crippen LogP contribution < -0.4 is 14.8 Å². The van der Waals surface area contributed by atoms with E-state index in [-0.39, 0.29) is 12.1 Å². The zero-order valence-corrected chi connectivity index (χ0v) is 21.3. The molecular formula is C29H31N3O3S. The Balaban J connectivity index is 1.25. The van der Waals surface area contributed by atoms with E-state index in [9.17, 15) is 10.4 Å². The summed E-state index contributed by atoms with van der Waals surface area (Å²) in [5.74, 6) is 1.06. The summed E-state index contributed by atoms with van der Waals surface area (Å²) in [6.45, 7) is 4.84.